The molecule has 0 spiro atoms. The van der Waals surface area contributed by atoms with Gasteiger partial charge in [-0.15, -0.1) is 0 Å². The zero-order chi connectivity index (χ0) is 13.7. The van der Waals surface area contributed by atoms with Crippen LogP contribution < -0.4 is 5.73 Å². The standard InChI is InChI=1S/C17H21NO/c1-2-13-10-15(12-16(11-13)17(18)19)9-8-14-6-4-3-5-7-14/h3-7,10-12,17,19H,2,8-9,18H2,1H3. The number of aliphatic hydroxyl groups excluding tert-OH is 1. The normalized spacial score (nSPS) is 12.4. The van der Waals surface area contributed by atoms with Crippen molar-refractivity contribution in [3.63, 3.8) is 0 Å². The largest absolute Gasteiger partial charge is 0.375 e. The summed E-state index contributed by atoms with van der Waals surface area (Å²) in [5.74, 6) is 0. The highest BCUT2D eigenvalue weighted by Gasteiger charge is 2.05. The van der Waals surface area contributed by atoms with Crippen LogP contribution in [0, 0.1) is 0 Å². The molecule has 0 aliphatic heterocycles. The lowest BCUT2D eigenvalue weighted by Crippen LogP contribution is -2.09. The van der Waals surface area contributed by atoms with Gasteiger partial charge in [0.15, 0.2) is 0 Å². The Morgan fingerprint density at radius 3 is 2.21 bits per heavy atom. The Labute approximate surface area is 114 Å². The first-order valence-corrected chi connectivity index (χ1v) is 6.79. The van der Waals surface area contributed by atoms with Gasteiger partial charge in [-0.2, -0.15) is 0 Å². The van der Waals surface area contributed by atoms with Crippen molar-refractivity contribution < 1.29 is 5.11 Å². The van der Waals surface area contributed by atoms with Crippen LogP contribution >= 0.6 is 0 Å². The first-order valence-electron chi connectivity index (χ1n) is 6.79. The molecule has 100 valence electrons. The second-order valence-corrected chi connectivity index (χ2v) is 4.87. The highest BCUT2D eigenvalue weighted by molar-refractivity contribution is 5.32. The summed E-state index contributed by atoms with van der Waals surface area (Å²) in [4.78, 5) is 0. The molecular weight excluding hydrogens is 234 g/mol. The van der Waals surface area contributed by atoms with Crippen molar-refractivity contribution in [1.82, 2.24) is 0 Å². The zero-order valence-electron chi connectivity index (χ0n) is 11.3. The number of hydrogen-bond acceptors (Lipinski definition) is 2. The molecule has 0 saturated heterocycles. The topological polar surface area (TPSA) is 46.2 Å². The minimum absolute atomic E-state index is 0.808. The molecule has 1 unspecified atom stereocenters. The highest BCUT2D eigenvalue weighted by atomic mass is 16.3. The van der Waals surface area contributed by atoms with Crippen LogP contribution in [0.2, 0.25) is 0 Å². The van der Waals surface area contributed by atoms with Crippen molar-refractivity contribution in [2.45, 2.75) is 32.4 Å². The van der Waals surface area contributed by atoms with Crippen molar-refractivity contribution in [2.24, 2.45) is 5.73 Å². The molecule has 0 aliphatic carbocycles. The second kappa shape index (κ2) is 6.50. The molecule has 0 saturated carbocycles. The summed E-state index contributed by atoms with van der Waals surface area (Å²) in [7, 11) is 0. The van der Waals surface area contributed by atoms with E-state index in [1.165, 1.54) is 16.7 Å². The molecule has 2 aromatic carbocycles. The van der Waals surface area contributed by atoms with Crippen LogP contribution in [0.3, 0.4) is 0 Å². The molecule has 0 heterocycles. The van der Waals surface area contributed by atoms with Gasteiger partial charge in [0.1, 0.15) is 6.23 Å². The Bertz CT molecular complexity index is 520. The van der Waals surface area contributed by atoms with Crippen LogP contribution in [0.5, 0.6) is 0 Å². The maximum absolute atomic E-state index is 9.53. The summed E-state index contributed by atoms with van der Waals surface area (Å²) in [5, 5.41) is 9.53. The van der Waals surface area contributed by atoms with Gasteiger partial charge in [0.25, 0.3) is 0 Å². The number of aliphatic hydroxyl groups is 1. The number of hydrogen-bond donors (Lipinski definition) is 2. The van der Waals surface area contributed by atoms with Crippen LogP contribution in [0.25, 0.3) is 0 Å². The lowest BCUT2D eigenvalue weighted by atomic mass is 9.98. The Kier molecular flexibility index (Phi) is 4.72. The van der Waals surface area contributed by atoms with Crippen LogP contribution in [-0.4, -0.2) is 5.11 Å². The van der Waals surface area contributed by atoms with E-state index in [0.717, 1.165) is 24.8 Å². The average molecular weight is 255 g/mol. The highest BCUT2D eigenvalue weighted by Crippen LogP contribution is 2.17. The predicted octanol–water partition coefficient (Wildman–Crippen LogP) is 2.98. The van der Waals surface area contributed by atoms with E-state index >= 15 is 0 Å². The van der Waals surface area contributed by atoms with Gasteiger partial charge < -0.3 is 10.8 Å². The fraction of sp³-hybridized carbons (Fsp3) is 0.294. The molecule has 3 N–H and O–H groups in total. The lowest BCUT2D eigenvalue weighted by molar-refractivity contribution is 0.186. The van der Waals surface area contributed by atoms with E-state index in [-0.39, 0.29) is 0 Å². The van der Waals surface area contributed by atoms with Crippen LogP contribution in [0.15, 0.2) is 48.5 Å². The molecule has 2 rings (SSSR count). The smallest absolute Gasteiger partial charge is 0.128 e. The Hall–Kier alpha value is -1.64. The summed E-state index contributed by atoms with van der Waals surface area (Å²) >= 11 is 0. The van der Waals surface area contributed by atoms with Crippen LogP contribution in [0.4, 0.5) is 0 Å². The maximum Gasteiger partial charge on any atom is 0.128 e. The summed E-state index contributed by atoms with van der Waals surface area (Å²) in [6, 6.07) is 16.6. The fourth-order valence-electron chi connectivity index (χ4n) is 2.24. The van der Waals surface area contributed by atoms with Crippen molar-refractivity contribution in [1.29, 1.82) is 0 Å². The molecule has 19 heavy (non-hydrogen) atoms. The number of nitrogens with two attached hydrogens (primary N) is 1. The minimum atomic E-state index is -0.887. The molecular formula is C17H21NO. The van der Waals surface area contributed by atoms with Gasteiger partial charge in [0, 0.05) is 0 Å². The van der Waals surface area contributed by atoms with Gasteiger partial charge in [-0.3, -0.25) is 0 Å². The third kappa shape index (κ3) is 3.91. The molecule has 0 bridgehead atoms. The predicted molar refractivity (Wildman–Crippen MR) is 78.8 cm³/mol. The summed E-state index contributed by atoms with van der Waals surface area (Å²) in [5.41, 5.74) is 10.2. The number of benzene rings is 2. The SMILES string of the molecule is CCc1cc(CCc2ccccc2)cc(C(N)O)c1. The maximum atomic E-state index is 9.53. The number of rotatable bonds is 5. The first kappa shape index (κ1) is 13.8. The Morgan fingerprint density at radius 2 is 1.58 bits per heavy atom. The molecule has 2 nitrogen and oxygen atoms in total. The van der Waals surface area contributed by atoms with Gasteiger partial charge in [0.05, 0.1) is 0 Å². The zero-order valence-corrected chi connectivity index (χ0v) is 11.3. The van der Waals surface area contributed by atoms with Gasteiger partial charge in [0.2, 0.25) is 0 Å². The molecule has 0 radical (unpaired) electrons. The van der Waals surface area contributed by atoms with E-state index in [0.29, 0.717) is 0 Å². The Balaban J connectivity index is 2.13. The average Bonchev–Trinajstić information content (AvgIpc) is 2.45. The molecule has 0 fully saturated rings. The molecule has 2 aromatic rings. The van der Waals surface area contributed by atoms with Crippen molar-refractivity contribution in [2.75, 3.05) is 0 Å². The van der Waals surface area contributed by atoms with E-state index in [1.807, 2.05) is 18.2 Å². The monoisotopic (exact) mass is 255 g/mol. The molecule has 0 aliphatic rings. The van der Waals surface area contributed by atoms with Crippen molar-refractivity contribution in [3.05, 3.63) is 70.8 Å². The van der Waals surface area contributed by atoms with Crippen molar-refractivity contribution >= 4 is 0 Å². The van der Waals surface area contributed by atoms with Gasteiger partial charge in [-0.05, 0) is 41.5 Å². The molecule has 1 atom stereocenters. The number of aryl methyl sites for hydroxylation is 3. The molecule has 0 aromatic heterocycles. The second-order valence-electron chi connectivity index (χ2n) is 4.87. The molecule has 0 amide bonds. The van der Waals surface area contributed by atoms with E-state index in [2.05, 4.69) is 37.3 Å². The minimum Gasteiger partial charge on any atom is -0.375 e. The van der Waals surface area contributed by atoms with Gasteiger partial charge in [-0.25, -0.2) is 0 Å². The van der Waals surface area contributed by atoms with Gasteiger partial charge >= 0.3 is 0 Å². The fourth-order valence-corrected chi connectivity index (χ4v) is 2.24. The van der Waals surface area contributed by atoms with E-state index in [9.17, 15) is 5.11 Å². The van der Waals surface area contributed by atoms with Crippen LogP contribution in [-0.2, 0) is 19.3 Å². The van der Waals surface area contributed by atoms with E-state index < -0.39 is 6.23 Å². The third-order valence-corrected chi connectivity index (χ3v) is 3.37. The van der Waals surface area contributed by atoms with Gasteiger partial charge in [-0.1, -0.05) is 55.5 Å². The third-order valence-electron chi connectivity index (χ3n) is 3.37. The van der Waals surface area contributed by atoms with E-state index in [4.69, 9.17) is 5.73 Å². The lowest BCUT2D eigenvalue weighted by Gasteiger charge is -2.11. The summed E-state index contributed by atoms with van der Waals surface area (Å²) in [6.07, 6.45) is 2.05. The summed E-state index contributed by atoms with van der Waals surface area (Å²) in [6.45, 7) is 2.11. The quantitative estimate of drug-likeness (QED) is 0.807. The first-order chi connectivity index (χ1) is 9.19. The molecule has 2 heteroatoms. The van der Waals surface area contributed by atoms with Crippen LogP contribution in [0.1, 0.15) is 35.4 Å². The van der Waals surface area contributed by atoms with Crippen molar-refractivity contribution in [3.8, 4) is 0 Å². The van der Waals surface area contributed by atoms with E-state index in [1.54, 1.807) is 0 Å². The Morgan fingerprint density at radius 1 is 0.947 bits per heavy atom. The summed E-state index contributed by atoms with van der Waals surface area (Å²) < 4.78 is 0.